The first-order valence-electron chi connectivity index (χ1n) is 5.85. The highest BCUT2D eigenvalue weighted by Crippen LogP contribution is 2.20. The van der Waals surface area contributed by atoms with E-state index in [1.165, 1.54) is 0 Å². The van der Waals surface area contributed by atoms with Gasteiger partial charge in [-0.05, 0) is 38.5 Å². The lowest BCUT2D eigenvalue weighted by molar-refractivity contribution is 0.0432. The number of aliphatic hydroxyl groups excluding tert-OH is 1. The van der Waals surface area contributed by atoms with E-state index >= 15 is 0 Å². The van der Waals surface area contributed by atoms with Crippen LogP contribution < -0.4 is 0 Å². The third-order valence-corrected chi connectivity index (χ3v) is 3.03. The second-order valence-corrected chi connectivity index (χ2v) is 4.71. The van der Waals surface area contributed by atoms with Gasteiger partial charge in [0.15, 0.2) is 0 Å². The van der Waals surface area contributed by atoms with Gasteiger partial charge in [0.25, 0.3) is 0 Å². The molecule has 0 heterocycles. The first-order valence-corrected chi connectivity index (χ1v) is 5.85. The first-order chi connectivity index (χ1) is 6.52. The molecule has 0 aromatic rings. The van der Waals surface area contributed by atoms with Gasteiger partial charge in [0, 0.05) is 6.61 Å². The Hall–Kier alpha value is -0.0800. The van der Waals surface area contributed by atoms with E-state index in [1.807, 2.05) is 13.8 Å². The van der Waals surface area contributed by atoms with Crippen molar-refractivity contribution < 1.29 is 10.2 Å². The molecule has 14 heavy (non-hydrogen) atoms. The van der Waals surface area contributed by atoms with Crippen molar-refractivity contribution in [1.29, 1.82) is 0 Å². The molecule has 86 valence electrons. The molecule has 0 spiro atoms. The van der Waals surface area contributed by atoms with Crippen LogP contribution in [0.25, 0.3) is 0 Å². The molecule has 0 aliphatic carbocycles. The summed E-state index contributed by atoms with van der Waals surface area (Å²) >= 11 is 0. The van der Waals surface area contributed by atoms with Gasteiger partial charge < -0.3 is 10.2 Å². The van der Waals surface area contributed by atoms with Crippen molar-refractivity contribution in [3.63, 3.8) is 0 Å². The largest absolute Gasteiger partial charge is 0.396 e. The van der Waals surface area contributed by atoms with Crippen molar-refractivity contribution in [2.45, 2.75) is 64.9 Å². The second kappa shape index (κ2) is 7.24. The van der Waals surface area contributed by atoms with Crippen molar-refractivity contribution in [3.8, 4) is 0 Å². The van der Waals surface area contributed by atoms with Gasteiger partial charge in [-0.1, -0.05) is 26.7 Å². The zero-order valence-electron chi connectivity index (χ0n) is 9.92. The summed E-state index contributed by atoms with van der Waals surface area (Å²) in [5.41, 5.74) is -0.475. The highest BCUT2D eigenvalue weighted by Gasteiger charge is 2.16. The highest BCUT2D eigenvalue weighted by atomic mass is 16.3. The van der Waals surface area contributed by atoms with E-state index in [0.29, 0.717) is 12.5 Å². The van der Waals surface area contributed by atoms with E-state index in [-0.39, 0.29) is 0 Å². The van der Waals surface area contributed by atoms with Crippen LogP contribution in [0.3, 0.4) is 0 Å². The topological polar surface area (TPSA) is 40.5 Å². The van der Waals surface area contributed by atoms with E-state index in [1.54, 1.807) is 0 Å². The van der Waals surface area contributed by atoms with Crippen LogP contribution in [-0.2, 0) is 0 Å². The van der Waals surface area contributed by atoms with Crippen LogP contribution in [0, 0.1) is 5.92 Å². The van der Waals surface area contributed by atoms with E-state index in [4.69, 9.17) is 5.11 Å². The predicted molar refractivity (Wildman–Crippen MR) is 60.2 cm³/mol. The molecule has 0 saturated heterocycles. The lowest BCUT2D eigenvalue weighted by atomic mass is 9.92. The summed E-state index contributed by atoms with van der Waals surface area (Å²) in [7, 11) is 0. The van der Waals surface area contributed by atoms with Gasteiger partial charge in [0.1, 0.15) is 0 Å². The molecule has 2 nitrogen and oxygen atoms in total. The molecule has 0 amide bonds. The molecule has 0 rings (SSSR count). The second-order valence-electron chi connectivity index (χ2n) is 4.71. The van der Waals surface area contributed by atoms with Crippen molar-refractivity contribution >= 4 is 0 Å². The van der Waals surface area contributed by atoms with Crippen molar-refractivity contribution in [1.82, 2.24) is 0 Å². The maximum Gasteiger partial charge on any atom is 0.0617 e. The minimum absolute atomic E-state index is 0.303. The van der Waals surface area contributed by atoms with Gasteiger partial charge >= 0.3 is 0 Å². The minimum atomic E-state index is -0.475. The van der Waals surface area contributed by atoms with Crippen LogP contribution in [0.4, 0.5) is 0 Å². The SMILES string of the molecule is CCC(C)(O)CCCC(C)CCCO. The molecule has 0 aliphatic heterocycles. The Kier molecular flexibility index (Phi) is 7.20. The van der Waals surface area contributed by atoms with Gasteiger partial charge in [0.05, 0.1) is 5.60 Å². The molecule has 0 aromatic heterocycles. The summed E-state index contributed by atoms with van der Waals surface area (Å²) in [5.74, 6) is 0.676. The molecular weight excluding hydrogens is 176 g/mol. The fourth-order valence-corrected chi connectivity index (χ4v) is 1.59. The molecule has 0 radical (unpaired) electrons. The molecular formula is C12H26O2. The Morgan fingerprint density at radius 1 is 1.21 bits per heavy atom. The summed E-state index contributed by atoms with van der Waals surface area (Å²) in [5, 5.41) is 18.4. The summed E-state index contributed by atoms with van der Waals surface area (Å²) < 4.78 is 0. The first kappa shape index (κ1) is 13.9. The molecule has 2 unspecified atom stereocenters. The maximum atomic E-state index is 9.77. The van der Waals surface area contributed by atoms with Gasteiger partial charge in [-0.25, -0.2) is 0 Å². The minimum Gasteiger partial charge on any atom is -0.396 e. The van der Waals surface area contributed by atoms with E-state index in [0.717, 1.165) is 38.5 Å². The molecule has 0 fully saturated rings. The number of rotatable bonds is 8. The van der Waals surface area contributed by atoms with E-state index in [2.05, 4.69) is 6.92 Å². The number of aliphatic hydroxyl groups is 2. The molecule has 2 heteroatoms. The zero-order valence-corrected chi connectivity index (χ0v) is 9.92. The average molecular weight is 202 g/mol. The normalized spacial score (nSPS) is 17.8. The van der Waals surface area contributed by atoms with Crippen molar-refractivity contribution in [2.75, 3.05) is 6.61 Å². The third-order valence-electron chi connectivity index (χ3n) is 3.03. The molecule has 0 saturated carbocycles. The van der Waals surface area contributed by atoms with Crippen LogP contribution in [0.1, 0.15) is 59.3 Å². The van der Waals surface area contributed by atoms with Crippen LogP contribution in [0.15, 0.2) is 0 Å². The van der Waals surface area contributed by atoms with Gasteiger partial charge in [-0.15, -0.1) is 0 Å². The molecule has 2 atom stereocenters. The smallest absolute Gasteiger partial charge is 0.0617 e. The summed E-state index contributed by atoms with van der Waals surface area (Å²) in [6.45, 7) is 6.45. The van der Waals surface area contributed by atoms with Crippen molar-refractivity contribution in [3.05, 3.63) is 0 Å². The Morgan fingerprint density at radius 3 is 2.29 bits per heavy atom. The highest BCUT2D eigenvalue weighted by molar-refractivity contribution is 4.70. The lowest BCUT2D eigenvalue weighted by Crippen LogP contribution is -2.22. The maximum absolute atomic E-state index is 9.77. The van der Waals surface area contributed by atoms with E-state index < -0.39 is 5.60 Å². The van der Waals surface area contributed by atoms with Crippen LogP contribution in [0.2, 0.25) is 0 Å². The molecule has 2 N–H and O–H groups in total. The van der Waals surface area contributed by atoms with Crippen molar-refractivity contribution in [2.24, 2.45) is 5.92 Å². The van der Waals surface area contributed by atoms with Gasteiger partial charge in [-0.2, -0.15) is 0 Å². The Morgan fingerprint density at radius 2 is 1.79 bits per heavy atom. The summed E-state index contributed by atoms with van der Waals surface area (Å²) in [4.78, 5) is 0. The summed E-state index contributed by atoms with van der Waals surface area (Å²) in [6, 6.07) is 0. The fraction of sp³-hybridized carbons (Fsp3) is 1.00. The van der Waals surface area contributed by atoms with Gasteiger partial charge in [-0.3, -0.25) is 0 Å². The fourth-order valence-electron chi connectivity index (χ4n) is 1.59. The zero-order chi connectivity index (χ0) is 11.0. The Bertz CT molecular complexity index is 132. The van der Waals surface area contributed by atoms with Gasteiger partial charge in [0.2, 0.25) is 0 Å². The molecule has 0 aliphatic rings. The van der Waals surface area contributed by atoms with Crippen LogP contribution in [-0.4, -0.2) is 22.4 Å². The third kappa shape index (κ3) is 7.34. The number of hydrogen-bond donors (Lipinski definition) is 2. The monoisotopic (exact) mass is 202 g/mol. The summed E-state index contributed by atoms with van der Waals surface area (Å²) in [6.07, 6.45) is 5.99. The van der Waals surface area contributed by atoms with E-state index in [9.17, 15) is 5.11 Å². The number of hydrogen-bond acceptors (Lipinski definition) is 2. The van der Waals surface area contributed by atoms with Crippen LogP contribution in [0.5, 0.6) is 0 Å². The predicted octanol–water partition coefficient (Wildman–Crippen LogP) is 2.73. The Labute approximate surface area is 88.3 Å². The average Bonchev–Trinajstić information content (AvgIpc) is 2.14. The quantitative estimate of drug-likeness (QED) is 0.635. The molecule has 0 bridgehead atoms. The standard InChI is InChI=1S/C12H26O2/c1-4-12(3,14)9-5-7-11(2)8-6-10-13/h11,13-14H,4-10H2,1-3H3. The molecule has 0 aromatic carbocycles. The lowest BCUT2D eigenvalue weighted by Gasteiger charge is -2.21. The van der Waals surface area contributed by atoms with Crippen LogP contribution >= 0.6 is 0 Å². The Balaban J connectivity index is 3.43.